The minimum atomic E-state index is 0.695. The number of nitrogens with zero attached hydrogens (tertiary/aromatic N) is 3. The number of para-hydroxylation sites is 2. The Morgan fingerprint density at radius 2 is 1.61 bits per heavy atom. The molecule has 0 fully saturated rings. The molecule has 0 radical (unpaired) electrons. The molecular formula is C35H27N3. The number of benzene rings is 4. The lowest BCUT2D eigenvalue weighted by atomic mass is 9.89. The average Bonchev–Trinajstić information content (AvgIpc) is 2.99. The van der Waals surface area contributed by atoms with Gasteiger partial charge in [-0.3, -0.25) is 9.98 Å². The minimum Gasteiger partial charge on any atom is -0.335 e. The van der Waals surface area contributed by atoms with Gasteiger partial charge in [0.15, 0.2) is 0 Å². The van der Waals surface area contributed by atoms with E-state index < -0.39 is 0 Å². The summed E-state index contributed by atoms with van der Waals surface area (Å²) in [6, 6.07) is 32.0. The van der Waals surface area contributed by atoms with E-state index in [9.17, 15) is 0 Å². The number of aromatic nitrogens is 1. The Labute approximate surface area is 223 Å². The third-order valence-corrected chi connectivity index (χ3v) is 7.19. The van der Waals surface area contributed by atoms with Crippen LogP contribution < -0.4 is 4.90 Å². The van der Waals surface area contributed by atoms with Gasteiger partial charge in [0, 0.05) is 22.7 Å². The predicted octanol–water partition coefficient (Wildman–Crippen LogP) is 9.31. The summed E-state index contributed by atoms with van der Waals surface area (Å²) < 4.78 is 0. The lowest BCUT2D eigenvalue weighted by Crippen LogP contribution is -2.22. The normalized spacial score (nSPS) is 12.5. The molecule has 5 aromatic rings. The van der Waals surface area contributed by atoms with Crippen molar-refractivity contribution in [2.45, 2.75) is 6.54 Å². The van der Waals surface area contributed by atoms with Gasteiger partial charge < -0.3 is 4.90 Å². The van der Waals surface area contributed by atoms with Gasteiger partial charge in [-0.15, -0.1) is 0 Å². The minimum absolute atomic E-state index is 0.695. The highest BCUT2D eigenvalue weighted by atomic mass is 15.2. The number of aliphatic imine (C=N–C) groups is 1. The molecule has 0 spiro atoms. The maximum Gasteiger partial charge on any atom is 0.0859 e. The molecule has 3 nitrogen and oxygen atoms in total. The van der Waals surface area contributed by atoms with Gasteiger partial charge in [0.1, 0.15) is 0 Å². The number of hydrogen-bond acceptors (Lipinski definition) is 3. The van der Waals surface area contributed by atoms with Gasteiger partial charge in [-0.25, -0.2) is 0 Å². The summed E-state index contributed by atoms with van der Waals surface area (Å²) in [5, 5.41) is 1.14. The van der Waals surface area contributed by atoms with Crippen molar-refractivity contribution >= 4 is 40.3 Å². The summed E-state index contributed by atoms with van der Waals surface area (Å²) in [4.78, 5) is 11.4. The molecule has 0 aliphatic carbocycles. The van der Waals surface area contributed by atoms with Crippen molar-refractivity contribution in [2.75, 3.05) is 4.90 Å². The molecule has 0 unspecified atom stereocenters. The van der Waals surface area contributed by atoms with E-state index in [0.717, 1.165) is 50.2 Å². The maximum atomic E-state index is 4.77. The van der Waals surface area contributed by atoms with Crippen LogP contribution in [-0.4, -0.2) is 11.7 Å². The third-order valence-electron chi connectivity index (χ3n) is 7.19. The quantitative estimate of drug-likeness (QED) is 0.176. The van der Waals surface area contributed by atoms with Crippen LogP contribution in [0.5, 0.6) is 0 Å². The monoisotopic (exact) mass is 489 g/mol. The molecule has 1 aliphatic heterocycles. The molecule has 0 saturated heterocycles. The Kier molecular flexibility index (Phi) is 6.03. The van der Waals surface area contributed by atoms with Gasteiger partial charge in [0.05, 0.1) is 29.1 Å². The van der Waals surface area contributed by atoms with Gasteiger partial charge in [-0.1, -0.05) is 98.1 Å². The molecule has 182 valence electrons. The van der Waals surface area contributed by atoms with Crippen LogP contribution >= 0.6 is 0 Å². The molecule has 1 aliphatic rings. The molecule has 0 amide bonds. The fourth-order valence-electron chi connectivity index (χ4n) is 5.33. The number of fused-ring (bicyclic) bond motifs is 5. The van der Waals surface area contributed by atoms with E-state index in [1.165, 1.54) is 16.7 Å². The Morgan fingerprint density at radius 1 is 0.816 bits per heavy atom. The van der Waals surface area contributed by atoms with Crippen LogP contribution in [0.15, 0.2) is 134 Å². The largest absolute Gasteiger partial charge is 0.335 e. The molecule has 0 N–H and O–H groups in total. The predicted molar refractivity (Wildman–Crippen MR) is 162 cm³/mol. The first-order valence-corrected chi connectivity index (χ1v) is 12.6. The van der Waals surface area contributed by atoms with Crippen molar-refractivity contribution in [1.29, 1.82) is 0 Å². The SMILES string of the molecule is C=C/C=C(\C=C)c1ccc(-c2ccc3c(c2)N(c2ccccc2N=C)Cc2c-3ccc3cccnc23)cc1. The van der Waals surface area contributed by atoms with Crippen molar-refractivity contribution in [3.63, 3.8) is 0 Å². The zero-order chi connectivity index (χ0) is 26.1. The molecule has 38 heavy (non-hydrogen) atoms. The Bertz CT molecular complexity index is 1740. The van der Waals surface area contributed by atoms with Gasteiger partial charge >= 0.3 is 0 Å². The summed E-state index contributed by atoms with van der Waals surface area (Å²) in [7, 11) is 0. The maximum absolute atomic E-state index is 4.77. The van der Waals surface area contributed by atoms with Crippen LogP contribution in [0, 0.1) is 0 Å². The molecular weight excluding hydrogens is 462 g/mol. The highest BCUT2D eigenvalue weighted by Crippen LogP contribution is 2.47. The molecule has 0 atom stereocenters. The first-order valence-electron chi connectivity index (χ1n) is 12.6. The zero-order valence-electron chi connectivity index (χ0n) is 21.1. The Balaban J connectivity index is 1.53. The van der Waals surface area contributed by atoms with Crippen LogP contribution in [0.1, 0.15) is 11.1 Å². The van der Waals surface area contributed by atoms with E-state index in [-0.39, 0.29) is 0 Å². The van der Waals surface area contributed by atoms with Crippen molar-refractivity contribution < 1.29 is 0 Å². The van der Waals surface area contributed by atoms with E-state index >= 15 is 0 Å². The molecule has 0 bridgehead atoms. The van der Waals surface area contributed by atoms with E-state index in [1.807, 2.05) is 36.5 Å². The summed E-state index contributed by atoms with van der Waals surface area (Å²) in [5.41, 5.74) is 12.2. The number of anilines is 2. The average molecular weight is 490 g/mol. The number of hydrogen-bond donors (Lipinski definition) is 0. The molecule has 6 rings (SSSR count). The summed E-state index contributed by atoms with van der Waals surface area (Å²) in [6.07, 6.45) is 7.49. The molecule has 1 aromatic heterocycles. The Hall–Kier alpha value is -5.02. The molecule has 2 heterocycles. The summed E-state index contributed by atoms with van der Waals surface area (Å²) in [5.74, 6) is 0. The van der Waals surface area contributed by atoms with Crippen LogP contribution in [0.4, 0.5) is 17.1 Å². The number of pyridine rings is 1. The van der Waals surface area contributed by atoms with Crippen molar-refractivity contribution in [3.8, 4) is 22.3 Å². The first-order chi connectivity index (χ1) is 18.7. The lowest BCUT2D eigenvalue weighted by molar-refractivity contribution is 0.966. The number of allylic oxidation sites excluding steroid dienone is 4. The van der Waals surface area contributed by atoms with Crippen LogP contribution in [-0.2, 0) is 6.54 Å². The fourth-order valence-corrected chi connectivity index (χ4v) is 5.33. The molecule has 4 aromatic carbocycles. The second-order valence-corrected chi connectivity index (χ2v) is 9.27. The summed E-state index contributed by atoms with van der Waals surface area (Å²) in [6.45, 7) is 12.3. The molecule has 0 saturated carbocycles. The standard InChI is InChI=1S/C35H27N3/c1-4-9-24(5-2)25-13-15-26(16-14-25)28-18-20-30-29-19-17-27-10-8-21-37-35(27)31(29)23-38(34(30)22-28)33-12-7-6-11-32(33)36-3/h4-22H,1-3,23H2/b24-9+. The highest BCUT2D eigenvalue weighted by molar-refractivity contribution is 5.98. The molecule has 3 heteroatoms. The van der Waals surface area contributed by atoms with E-state index in [4.69, 9.17) is 4.98 Å². The fraction of sp³-hybridized carbons (Fsp3) is 0.0286. The van der Waals surface area contributed by atoms with Gasteiger partial charge in [0.25, 0.3) is 0 Å². The third kappa shape index (κ3) is 3.95. The van der Waals surface area contributed by atoms with E-state index in [2.05, 4.69) is 103 Å². The summed E-state index contributed by atoms with van der Waals surface area (Å²) >= 11 is 0. The smallest absolute Gasteiger partial charge is 0.0859 e. The van der Waals surface area contributed by atoms with E-state index in [0.29, 0.717) is 6.54 Å². The second kappa shape index (κ2) is 9.79. The second-order valence-electron chi connectivity index (χ2n) is 9.27. The first kappa shape index (κ1) is 23.4. The lowest BCUT2D eigenvalue weighted by Gasteiger charge is -2.34. The van der Waals surface area contributed by atoms with Crippen molar-refractivity contribution in [1.82, 2.24) is 4.98 Å². The van der Waals surface area contributed by atoms with Crippen LogP contribution in [0.2, 0.25) is 0 Å². The zero-order valence-corrected chi connectivity index (χ0v) is 21.1. The van der Waals surface area contributed by atoms with Crippen molar-refractivity contribution in [2.24, 2.45) is 4.99 Å². The van der Waals surface area contributed by atoms with Crippen molar-refractivity contribution in [3.05, 3.63) is 140 Å². The van der Waals surface area contributed by atoms with Crippen LogP contribution in [0.3, 0.4) is 0 Å². The van der Waals surface area contributed by atoms with Gasteiger partial charge in [0.2, 0.25) is 0 Å². The van der Waals surface area contributed by atoms with Gasteiger partial charge in [-0.05, 0) is 58.8 Å². The Morgan fingerprint density at radius 3 is 2.39 bits per heavy atom. The topological polar surface area (TPSA) is 28.5 Å². The van der Waals surface area contributed by atoms with Gasteiger partial charge in [-0.2, -0.15) is 0 Å². The van der Waals surface area contributed by atoms with E-state index in [1.54, 1.807) is 6.08 Å². The number of rotatable bonds is 6. The van der Waals surface area contributed by atoms with Crippen LogP contribution in [0.25, 0.3) is 38.7 Å². The highest BCUT2D eigenvalue weighted by Gasteiger charge is 2.27.